The Kier molecular flexibility index (Phi) is 3.26. The van der Waals surface area contributed by atoms with Crippen LogP contribution >= 0.6 is 0 Å². The fourth-order valence-corrected chi connectivity index (χ4v) is 4.83. The molecule has 3 aliphatic rings. The number of carbonyl (C=O) groups is 2. The van der Waals surface area contributed by atoms with E-state index in [9.17, 15) is 9.59 Å². The summed E-state index contributed by atoms with van der Waals surface area (Å²) in [7, 11) is 1.75. The second kappa shape index (κ2) is 5.12. The molecule has 2 fully saturated rings. The Morgan fingerprint density at radius 1 is 1.33 bits per heavy atom. The smallest absolute Gasteiger partial charge is 0.293 e. The van der Waals surface area contributed by atoms with Gasteiger partial charge in [0.1, 0.15) is 6.33 Å². The molecule has 3 heterocycles. The molecule has 3 atom stereocenters. The third kappa shape index (κ3) is 2.08. The summed E-state index contributed by atoms with van der Waals surface area (Å²) in [6, 6.07) is 0. The van der Waals surface area contributed by atoms with Crippen LogP contribution in [0.25, 0.3) is 0 Å². The van der Waals surface area contributed by atoms with Crippen LogP contribution in [0.2, 0.25) is 0 Å². The summed E-state index contributed by atoms with van der Waals surface area (Å²) in [5.41, 5.74) is 0.759. The molecule has 0 bridgehead atoms. The van der Waals surface area contributed by atoms with Gasteiger partial charge < -0.3 is 4.90 Å². The first kappa shape index (κ1) is 15.3. The Morgan fingerprint density at radius 3 is 2.79 bits per heavy atom. The average Bonchev–Trinajstić information content (AvgIpc) is 3.25. The minimum absolute atomic E-state index is 0.0105. The number of aryl methyl sites for hydroxylation is 1. The molecule has 1 spiro atoms. The molecule has 3 unspecified atom stereocenters. The number of carbonyl (C=O) groups excluding carboxylic acids is 2. The molecule has 1 aromatic rings. The number of hydrazone groups is 1. The van der Waals surface area contributed by atoms with Gasteiger partial charge in [0.25, 0.3) is 5.91 Å². The number of likely N-dealkylation sites (tertiary alicyclic amines) is 1. The minimum Gasteiger partial charge on any atom is -0.335 e. The predicted octanol–water partition coefficient (Wildman–Crippen LogP) is 0.664. The van der Waals surface area contributed by atoms with Crippen LogP contribution < -0.4 is 0 Å². The highest BCUT2D eigenvalue weighted by Gasteiger charge is 2.59. The van der Waals surface area contributed by atoms with E-state index >= 15 is 0 Å². The molecular weight excluding hydrogens is 308 g/mol. The van der Waals surface area contributed by atoms with Crippen molar-refractivity contribution in [2.75, 3.05) is 13.1 Å². The van der Waals surface area contributed by atoms with Crippen molar-refractivity contribution in [3.8, 4) is 0 Å². The lowest BCUT2D eigenvalue weighted by Crippen LogP contribution is -2.50. The summed E-state index contributed by atoms with van der Waals surface area (Å²) in [5.74, 6) is 0.804. The largest absolute Gasteiger partial charge is 0.335 e. The van der Waals surface area contributed by atoms with Gasteiger partial charge in [0.2, 0.25) is 11.7 Å². The second-order valence-electron chi connectivity index (χ2n) is 7.30. The minimum atomic E-state index is -0.243. The Balaban J connectivity index is 1.57. The second-order valence-corrected chi connectivity index (χ2v) is 7.30. The van der Waals surface area contributed by atoms with E-state index in [1.807, 2.05) is 11.8 Å². The van der Waals surface area contributed by atoms with Gasteiger partial charge in [-0.1, -0.05) is 0 Å². The SMILES string of the molecule is CC(=O)N1N=C(C)CC12CCC1CN(C(=O)c3ncn(C)n3)CC12. The molecule has 24 heavy (non-hydrogen) atoms. The number of amides is 2. The molecule has 0 aromatic carbocycles. The van der Waals surface area contributed by atoms with E-state index in [0.29, 0.717) is 19.0 Å². The zero-order chi connectivity index (χ0) is 17.1. The normalized spacial score (nSPS) is 31.7. The van der Waals surface area contributed by atoms with Crippen LogP contribution in [0.1, 0.15) is 43.7 Å². The van der Waals surface area contributed by atoms with E-state index in [1.165, 1.54) is 11.0 Å². The van der Waals surface area contributed by atoms with E-state index in [1.54, 1.807) is 19.0 Å². The molecule has 0 radical (unpaired) electrons. The van der Waals surface area contributed by atoms with Gasteiger partial charge in [0, 0.05) is 45.1 Å². The van der Waals surface area contributed by atoms with Crippen molar-refractivity contribution >= 4 is 17.5 Å². The number of hydrogen-bond acceptors (Lipinski definition) is 5. The first-order valence-electron chi connectivity index (χ1n) is 8.40. The van der Waals surface area contributed by atoms with E-state index in [-0.39, 0.29) is 29.1 Å². The third-order valence-corrected chi connectivity index (χ3v) is 5.71. The Labute approximate surface area is 140 Å². The standard InChI is InChI=1S/C16H22N6O2/c1-10-6-16(22(18-10)11(2)23)5-4-12-7-21(8-13(12)16)15(24)14-17-9-20(3)19-14/h9,12-13H,4-8H2,1-3H3. The highest BCUT2D eigenvalue weighted by molar-refractivity contribution is 5.91. The van der Waals surface area contributed by atoms with Crippen LogP contribution in [-0.4, -0.2) is 60.8 Å². The first-order chi connectivity index (χ1) is 11.4. The van der Waals surface area contributed by atoms with Crippen molar-refractivity contribution in [1.82, 2.24) is 24.7 Å². The lowest BCUT2D eigenvalue weighted by Gasteiger charge is -2.37. The van der Waals surface area contributed by atoms with Crippen LogP contribution in [-0.2, 0) is 11.8 Å². The monoisotopic (exact) mass is 330 g/mol. The molecule has 2 amide bonds. The molecule has 0 N–H and O–H groups in total. The lowest BCUT2D eigenvalue weighted by molar-refractivity contribution is -0.135. The van der Waals surface area contributed by atoms with E-state index in [2.05, 4.69) is 15.2 Å². The summed E-state index contributed by atoms with van der Waals surface area (Å²) in [6.45, 7) is 4.92. The summed E-state index contributed by atoms with van der Waals surface area (Å²) >= 11 is 0. The Morgan fingerprint density at radius 2 is 2.12 bits per heavy atom. The molecule has 1 aromatic heterocycles. The first-order valence-corrected chi connectivity index (χ1v) is 8.40. The van der Waals surface area contributed by atoms with Gasteiger partial charge in [-0.3, -0.25) is 14.3 Å². The van der Waals surface area contributed by atoms with Crippen molar-refractivity contribution in [3.05, 3.63) is 12.2 Å². The molecule has 2 aliphatic heterocycles. The van der Waals surface area contributed by atoms with Crippen LogP contribution in [0.15, 0.2) is 11.4 Å². The van der Waals surface area contributed by atoms with Crippen molar-refractivity contribution in [2.45, 2.75) is 38.6 Å². The summed E-state index contributed by atoms with van der Waals surface area (Å²) in [6.07, 6.45) is 4.35. The third-order valence-electron chi connectivity index (χ3n) is 5.71. The van der Waals surface area contributed by atoms with Crippen LogP contribution in [0.3, 0.4) is 0 Å². The molecule has 128 valence electrons. The van der Waals surface area contributed by atoms with Gasteiger partial charge in [0.05, 0.1) is 5.54 Å². The average molecular weight is 330 g/mol. The van der Waals surface area contributed by atoms with Crippen molar-refractivity contribution in [3.63, 3.8) is 0 Å². The Hall–Kier alpha value is -2.25. The van der Waals surface area contributed by atoms with Gasteiger partial charge in [0.15, 0.2) is 0 Å². The number of fused-ring (bicyclic) bond motifs is 2. The summed E-state index contributed by atoms with van der Waals surface area (Å²) < 4.78 is 1.54. The Bertz CT molecular complexity index is 741. The molecule has 1 saturated carbocycles. The van der Waals surface area contributed by atoms with E-state index in [0.717, 1.165) is 25.0 Å². The highest BCUT2D eigenvalue weighted by Crippen LogP contribution is 2.52. The van der Waals surface area contributed by atoms with Gasteiger partial charge in [-0.25, -0.2) is 9.99 Å². The van der Waals surface area contributed by atoms with E-state index in [4.69, 9.17) is 0 Å². The van der Waals surface area contributed by atoms with Crippen LogP contribution in [0.4, 0.5) is 0 Å². The molecule has 1 saturated heterocycles. The zero-order valence-electron chi connectivity index (χ0n) is 14.3. The number of hydrogen-bond donors (Lipinski definition) is 0. The maximum Gasteiger partial charge on any atom is 0.293 e. The highest BCUT2D eigenvalue weighted by atomic mass is 16.2. The topological polar surface area (TPSA) is 83.7 Å². The van der Waals surface area contributed by atoms with Gasteiger partial charge in [-0.15, -0.1) is 5.10 Å². The maximum absolute atomic E-state index is 12.7. The van der Waals surface area contributed by atoms with Crippen LogP contribution in [0, 0.1) is 11.8 Å². The number of nitrogens with zero attached hydrogens (tertiary/aromatic N) is 6. The summed E-state index contributed by atoms with van der Waals surface area (Å²) in [5, 5.41) is 10.3. The van der Waals surface area contributed by atoms with Gasteiger partial charge in [-0.05, 0) is 25.7 Å². The fourth-order valence-electron chi connectivity index (χ4n) is 4.83. The molecule has 4 rings (SSSR count). The number of rotatable bonds is 1. The quantitative estimate of drug-likeness (QED) is 0.757. The number of aromatic nitrogens is 3. The lowest BCUT2D eigenvalue weighted by atomic mass is 9.81. The van der Waals surface area contributed by atoms with Crippen LogP contribution in [0.5, 0.6) is 0 Å². The molecular formula is C16H22N6O2. The van der Waals surface area contributed by atoms with Gasteiger partial charge >= 0.3 is 0 Å². The van der Waals surface area contributed by atoms with Crippen molar-refractivity contribution < 1.29 is 9.59 Å². The maximum atomic E-state index is 12.7. The van der Waals surface area contributed by atoms with E-state index < -0.39 is 0 Å². The summed E-state index contributed by atoms with van der Waals surface area (Å²) in [4.78, 5) is 30.7. The van der Waals surface area contributed by atoms with Crippen molar-refractivity contribution in [2.24, 2.45) is 24.0 Å². The zero-order valence-corrected chi connectivity index (χ0v) is 14.3. The van der Waals surface area contributed by atoms with Crippen molar-refractivity contribution in [1.29, 1.82) is 0 Å². The molecule has 8 heteroatoms. The predicted molar refractivity (Wildman–Crippen MR) is 86.1 cm³/mol. The fraction of sp³-hybridized carbons (Fsp3) is 0.688. The molecule has 1 aliphatic carbocycles. The van der Waals surface area contributed by atoms with Gasteiger partial charge in [-0.2, -0.15) is 5.10 Å². The molecule has 8 nitrogen and oxygen atoms in total.